The molecule has 4 fully saturated rings. The van der Waals surface area contributed by atoms with Crippen molar-refractivity contribution in [3.63, 3.8) is 0 Å². The van der Waals surface area contributed by atoms with Crippen molar-refractivity contribution in [2.75, 3.05) is 11.9 Å². The number of nitrogens with one attached hydrogen (secondary N) is 1. The van der Waals surface area contributed by atoms with Crippen molar-refractivity contribution < 1.29 is 9.53 Å². The molecule has 6 heteroatoms. The molecule has 6 rings (SSSR count). The van der Waals surface area contributed by atoms with Crippen LogP contribution >= 0.6 is 15.9 Å². The van der Waals surface area contributed by atoms with Gasteiger partial charge in [-0.2, -0.15) is 0 Å². The number of imidazole rings is 1. The zero-order chi connectivity index (χ0) is 19.9. The highest BCUT2D eigenvalue weighted by Gasteiger charge is 2.57. The highest BCUT2D eigenvalue weighted by atomic mass is 79.9. The summed E-state index contributed by atoms with van der Waals surface area (Å²) in [5, 5.41) is 3.14. The number of para-hydroxylation sites is 2. The molecular weight excluding hydrogens is 430 g/mol. The van der Waals surface area contributed by atoms with Crippen LogP contribution in [-0.2, 0) is 11.3 Å². The molecular formula is C23H28BrN3O2. The van der Waals surface area contributed by atoms with E-state index in [2.05, 4.69) is 26.2 Å². The van der Waals surface area contributed by atoms with Crippen molar-refractivity contribution in [3.05, 3.63) is 43.0 Å². The highest BCUT2D eigenvalue weighted by molar-refractivity contribution is 9.10. The van der Waals surface area contributed by atoms with Crippen LogP contribution in [0.4, 0.5) is 5.69 Å². The normalized spacial score (nSPS) is 32.3. The number of benzene rings is 1. The monoisotopic (exact) mass is 457 g/mol. The molecule has 1 N–H and O–H groups in total. The second-order valence-corrected chi connectivity index (χ2v) is 11.2. The molecule has 4 saturated carbocycles. The second kappa shape index (κ2) is 7.46. The van der Waals surface area contributed by atoms with Gasteiger partial charge in [-0.05, 0) is 67.9 Å². The van der Waals surface area contributed by atoms with Gasteiger partial charge in [0.25, 0.3) is 0 Å². The Morgan fingerprint density at radius 3 is 2.76 bits per heavy atom. The first-order chi connectivity index (χ1) is 14.0. The lowest BCUT2D eigenvalue weighted by Gasteiger charge is -2.60. The maximum atomic E-state index is 13.0. The SMILES string of the molecule is O=C(CC12CC3CC(CC(Br)(C3)C1)C2)Nc1ccccc1OCCn1ccnc1. The summed E-state index contributed by atoms with van der Waals surface area (Å²) < 4.78 is 8.21. The number of anilines is 1. The van der Waals surface area contributed by atoms with Crippen molar-refractivity contribution in [3.8, 4) is 5.75 Å². The number of halogens is 1. The molecule has 4 bridgehead atoms. The molecule has 1 aromatic heterocycles. The molecule has 2 unspecified atom stereocenters. The van der Waals surface area contributed by atoms with Crippen molar-refractivity contribution in [2.24, 2.45) is 17.3 Å². The fourth-order valence-electron chi connectivity index (χ4n) is 6.45. The van der Waals surface area contributed by atoms with Crippen LogP contribution in [0.3, 0.4) is 0 Å². The largest absolute Gasteiger partial charge is 0.490 e. The van der Waals surface area contributed by atoms with Gasteiger partial charge in [0, 0.05) is 23.1 Å². The topological polar surface area (TPSA) is 56.1 Å². The van der Waals surface area contributed by atoms with Gasteiger partial charge in [0.15, 0.2) is 0 Å². The van der Waals surface area contributed by atoms with Gasteiger partial charge < -0.3 is 14.6 Å². The lowest BCUT2D eigenvalue weighted by Crippen LogP contribution is -2.53. The van der Waals surface area contributed by atoms with Gasteiger partial charge in [-0.3, -0.25) is 4.79 Å². The van der Waals surface area contributed by atoms with Crippen LogP contribution in [0, 0.1) is 17.3 Å². The van der Waals surface area contributed by atoms with Gasteiger partial charge in [0.1, 0.15) is 12.4 Å². The molecule has 1 aromatic carbocycles. The lowest BCUT2D eigenvalue weighted by atomic mass is 9.48. The van der Waals surface area contributed by atoms with Crippen LogP contribution in [0.1, 0.15) is 44.9 Å². The van der Waals surface area contributed by atoms with Gasteiger partial charge in [-0.1, -0.05) is 28.1 Å². The van der Waals surface area contributed by atoms with Gasteiger partial charge in [0.2, 0.25) is 5.91 Å². The van der Waals surface area contributed by atoms with E-state index >= 15 is 0 Å². The fraction of sp³-hybridized carbons (Fsp3) is 0.565. The summed E-state index contributed by atoms with van der Waals surface area (Å²) in [6.45, 7) is 1.25. The first kappa shape index (κ1) is 19.2. The maximum Gasteiger partial charge on any atom is 0.225 e. The van der Waals surface area contributed by atoms with E-state index < -0.39 is 0 Å². The minimum Gasteiger partial charge on any atom is -0.490 e. The zero-order valence-corrected chi connectivity index (χ0v) is 18.2. The molecule has 2 aromatic rings. The summed E-state index contributed by atoms with van der Waals surface area (Å²) in [5.74, 6) is 2.43. The van der Waals surface area contributed by atoms with E-state index in [0.717, 1.165) is 36.2 Å². The number of hydrogen-bond donors (Lipinski definition) is 1. The molecule has 29 heavy (non-hydrogen) atoms. The molecule has 4 aliphatic carbocycles. The Kier molecular flexibility index (Phi) is 4.93. The van der Waals surface area contributed by atoms with E-state index in [9.17, 15) is 4.79 Å². The number of nitrogens with zero attached hydrogens (tertiary/aromatic N) is 2. The first-order valence-electron chi connectivity index (χ1n) is 10.7. The standard InChI is InChI=1S/C23H28BrN3O2/c24-23-12-17-9-18(13-23)11-22(10-17,15-23)14-21(28)26-19-3-1-2-4-20(19)29-8-7-27-6-5-25-16-27/h1-6,16-18H,7-15H2,(H,26,28). The summed E-state index contributed by atoms with van der Waals surface area (Å²) in [6, 6.07) is 7.73. The maximum absolute atomic E-state index is 13.0. The molecule has 154 valence electrons. The van der Waals surface area contributed by atoms with E-state index in [1.54, 1.807) is 12.5 Å². The number of rotatable bonds is 7. The van der Waals surface area contributed by atoms with E-state index in [1.807, 2.05) is 35.0 Å². The van der Waals surface area contributed by atoms with Crippen LogP contribution < -0.4 is 10.1 Å². The summed E-state index contributed by atoms with van der Waals surface area (Å²) in [6.07, 6.45) is 13.6. The average Bonchev–Trinajstić information content (AvgIpc) is 3.14. The summed E-state index contributed by atoms with van der Waals surface area (Å²) in [7, 11) is 0. The number of hydrogen-bond acceptors (Lipinski definition) is 3. The van der Waals surface area contributed by atoms with Crippen molar-refractivity contribution >= 4 is 27.5 Å². The van der Waals surface area contributed by atoms with Crippen LogP contribution in [0.2, 0.25) is 0 Å². The number of aromatic nitrogens is 2. The minimum atomic E-state index is 0.119. The number of carbonyl (C=O) groups excluding carboxylic acids is 1. The molecule has 0 aliphatic heterocycles. The van der Waals surface area contributed by atoms with Gasteiger partial charge in [-0.25, -0.2) is 4.98 Å². The Balaban J connectivity index is 1.22. The fourth-order valence-corrected chi connectivity index (χ4v) is 7.96. The van der Waals surface area contributed by atoms with E-state index in [1.165, 1.54) is 32.1 Å². The molecule has 2 atom stereocenters. The van der Waals surface area contributed by atoms with Gasteiger partial charge in [0.05, 0.1) is 18.6 Å². The van der Waals surface area contributed by atoms with Crippen molar-refractivity contribution in [1.82, 2.24) is 9.55 Å². The number of amides is 1. The van der Waals surface area contributed by atoms with Gasteiger partial charge >= 0.3 is 0 Å². The summed E-state index contributed by atoms with van der Waals surface area (Å²) in [4.78, 5) is 17.1. The molecule has 0 spiro atoms. The van der Waals surface area contributed by atoms with Crippen molar-refractivity contribution in [2.45, 2.75) is 55.8 Å². The Hall–Kier alpha value is -1.82. The predicted molar refractivity (Wildman–Crippen MR) is 116 cm³/mol. The van der Waals surface area contributed by atoms with E-state index in [-0.39, 0.29) is 15.6 Å². The third-order valence-electron chi connectivity index (χ3n) is 6.97. The quantitative estimate of drug-likeness (QED) is 0.593. The third kappa shape index (κ3) is 4.09. The second-order valence-electron chi connectivity index (χ2n) is 9.48. The first-order valence-corrected chi connectivity index (χ1v) is 11.5. The van der Waals surface area contributed by atoms with Gasteiger partial charge in [-0.15, -0.1) is 0 Å². The average molecular weight is 458 g/mol. The molecule has 4 aliphatic rings. The van der Waals surface area contributed by atoms with Crippen LogP contribution in [0.25, 0.3) is 0 Å². The highest BCUT2D eigenvalue weighted by Crippen LogP contribution is 2.65. The molecule has 0 radical (unpaired) electrons. The number of carbonyl (C=O) groups is 1. The smallest absolute Gasteiger partial charge is 0.225 e. The molecule has 1 heterocycles. The third-order valence-corrected chi connectivity index (χ3v) is 7.90. The van der Waals surface area contributed by atoms with Crippen LogP contribution in [0.5, 0.6) is 5.75 Å². The Labute approximate surface area is 180 Å². The zero-order valence-electron chi connectivity index (χ0n) is 16.6. The van der Waals surface area contributed by atoms with Crippen LogP contribution in [0.15, 0.2) is 43.0 Å². The number of ether oxygens (including phenoxy) is 1. The predicted octanol–water partition coefficient (Wildman–Crippen LogP) is 5.02. The molecule has 0 saturated heterocycles. The minimum absolute atomic E-state index is 0.119. The lowest BCUT2D eigenvalue weighted by molar-refractivity contribution is -0.123. The Morgan fingerprint density at radius 2 is 2.03 bits per heavy atom. The van der Waals surface area contributed by atoms with E-state index in [4.69, 9.17) is 4.74 Å². The van der Waals surface area contributed by atoms with Crippen LogP contribution in [-0.4, -0.2) is 26.4 Å². The summed E-state index contributed by atoms with van der Waals surface area (Å²) >= 11 is 4.05. The van der Waals surface area contributed by atoms with E-state index in [0.29, 0.717) is 13.0 Å². The van der Waals surface area contributed by atoms with Crippen molar-refractivity contribution in [1.29, 1.82) is 0 Å². The Bertz CT molecular complexity index is 868. The molecule has 5 nitrogen and oxygen atoms in total. The summed E-state index contributed by atoms with van der Waals surface area (Å²) in [5.41, 5.74) is 0.941. The number of alkyl halides is 1. The Morgan fingerprint density at radius 1 is 1.24 bits per heavy atom. The molecule has 1 amide bonds.